The minimum absolute atomic E-state index is 0.0797. The van der Waals surface area contributed by atoms with E-state index in [1.807, 2.05) is 24.3 Å². The van der Waals surface area contributed by atoms with Gasteiger partial charge in [0.05, 0.1) is 31.3 Å². The van der Waals surface area contributed by atoms with E-state index in [0.29, 0.717) is 13.2 Å². The Morgan fingerprint density at radius 1 is 1.04 bits per heavy atom. The molecule has 2 saturated heterocycles. The number of ether oxygens (including phenoxy) is 3. The predicted molar refractivity (Wildman–Crippen MR) is 87.3 cm³/mol. The predicted octanol–water partition coefficient (Wildman–Crippen LogP) is 2.20. The number of sulfone groups is 1. The molecule has 0 saturated carbocycles. The van der Waals surface area contributed by atoms with E-state index in [9.17, 15) is 8.42 Å². The van der Waals surface area contributed by atoms with Gasteiger partial charge < -0.3 is 14.2 Å². The summed E-state index contributed by atoms with van der Waals surface area (Å²) in [5, 5.41) is 0. The first-order chi connectivity index (χ1) is 11.1. The van der Waals surface area contributed by atoms with Gasteiger partial charge in [0.1, 0.15) is 11.9 Å². The maximum atomic E-state index is 12.3. The standard InChI is InChI=1S/C17H24O5S/c18-23(19,13-15-2-1-8-20-10-15)12-14-3-5-16(6-4-14)22-17-7-9-21-11-17/h3-6,15,17H,1-2,7-13H2. The van der Waals surface area contributed by atoms with Crippen molar-refractivity contribution in [2.75, 3.05) is 32.2 Å². The van der Waals surface area contributed by atoms with Gasteiger partial charge >= 0.3 is 0 Å². The van der Waals surface area contributed by atoms with Crippen LogP contribution in [0.5, 0.6) is 5.75 Å². The summed E-state index contributed by atoms with van der Waals surface area (Å²) in [6, 6.07) is 7.35. The molecular weight excluding hydrogens is 316 g/mol. The molecular formula is C17H24O5S. The van der Waals surface area contributed by atoms with Crippen molar-refractivity contribution in [2.45, 2.75) is 31.1 Å². The first-order valence-electron chi connectivity index (χ1n) is 8.22. The lowest BCUT2D eigenvalue weighted by atomic mass is 10.1. The molecule has 1 aromatic rings. The highest BCUT2D eigenvalue weighted by molar-refractivity contribution is 7.90. The van der Waals surface area contributed by atoms with Crippen molar-refractivity contribution in [3.63, 3.8) is 0 Å². The smallest absolute Gasteiger partial charge is 0.154 e. The zero-order valence-electron chi connectivity index (χ0n) is 13.3. The Kier molecular flexibility index (Phi) is 5.56. The van der Waals surface area contributed by atoms with Gasteiger partial charge in [0.25, 0.3) is 0 Å². The molecule has 2 aliphatic rings. The first kappa shape index (κ1) is 16.7. The fraction of sp³-hybridized carbons (Fsp3) is 0.647. The fourth-order valence-electron chi connectivity index (χ4n) is 3.07. The lowest BCUT2D eigenvalue weighted by Gasteiger charge is -2.21. The third-order valence-corrected chi connectivity index (χ3v) is 6.00. The molecule has 2 atom stereocenters. The van der Waals surface area contributed by atoms with Crippen LogP contribution in [0.1, 0.15) is 24.8 Å². The molecule has 0 aliphatic carbocycles. The van der Waals surface area contributed by atoms with Crippen molar-refractivity contribution in [1.29, 1.82) is 0 Å². The molecule has 128 valence electrons. The van der Waals surface area contributed by atoms with Gasteiger partial charge in [-0.25, -0.2) is 8.42 Å². The van der Waals surface area contributed by atoms with E-state index in [-0.39, 0.29) is 23.5 Å². The lowest BCUT2D eigenvalue weighted by molar-refractivity contribution is 0.0626. The van der Waals surface area contributed by atoms with Crippen molar-refractivity contribution in [3.05, 3.63) is 29.8 Å². The minimum atomic E-state index is -3.11. The van der Waals surface area contributed by atoms with E-state index < -0.39 is 9.84 Å². The zero-order valence-corrected chi connectivity index (χ0v) is 14.1. The molecule has 0 aromatic heterocycles. The van der Waals surface area contributed by atoms with Crippen molar-refractivity contribution in [1.82, 2.24) is 0 Å². The third kappa shape index (κ3) is 5.19. The third-order valence-electron chi connectivity index (χ3n) is 4.24. The van der Waals surface area contributed by atoms with Gasteiger partial charge in [-0.3, -0.25) is 0 Å². The average Bonchev–Trinajstić information content (AvgIpc) is 3.02. The Labute approximate surface area is 137 Å². The highest BCUT2D eigenvalue weighted by Gasteiger charge is 2.22. The topological polar surface area (TPSA) is 61.8 Å². The van der Waals surface area contributed by atoms with Crippen LogP contribution >= 0.6 is 0 Å². The monoisotopic (exact) mass is 340 g/mol. The molecule has 2 unspecified atom stereocenters. The highest BCUT2D eigenvalue weighted by atomic mass is 32.2. The van der Waals surface area contributed by atoms with Crippen LogP contribution in [-0.2, 0) is 25.1 Å². The molecule has 2 fully saturated rings. The van der Waals surface area contributed by atoms with Crippen LogP contribution in [-0.4, -0.2) is 46.7 Å². The van der Waals surface area contributed by atoms with Crippen LogP contribution in [0.15, 0.2) is 24.3 Å². The van der Waals surface area contributed by atoms with E-state index in [4.69, 9.17) is 14.2 Å². The quantitative estimate of drug-likeness (QED) is 0.794. The van der Waals surface area contributed by atoms with Gasteiger partial charge in [-0.15, -0.1) is 0 Å². The molecule has 6 heteroatoms. The van der Waals surface area contributed by atoms with Crippen molar-refractivity contribution in [3.8, 4) is 5.75 Å². The van der Waals surface area contributed by atoms with Crippen LogP contribution in [0.3, 0.4) is 0 Å². The summed E-state index contributed by atoms with van der Waals surface area (Å²) in [6.07, 6.45) is 2.91. The molecule has 2 heterocycles. The van der Waals surface area contributed by atoms with Crippen LogP contribution in [0.25, 0.3) is 0 Å². The minimum Gasteiger partial charge on any atom is -0.488 e. The molecule has 0 radical (unpaired) electrons. The molecule has 0 spiro atoms. The molecule has 3 rings (SSSR count). The van der Waals surface area contributed by atoms with Gasteiger partial charge in [0.15, 0.2) is 9.84 Å². The summed E-state index contributed by atoms with van der Waals surface area (Å²) in [6.45, 7) is 2.69. The molecule has 5 nitrogen and oxygen atoms in total. The van der Waals surface area contributed by atoms with E-state index in [2.05, 4.69) is 0 Å². The average molecular weight is 340 g/mol. The van der Waals surface area contributed by atoms with Gasteiger partial charge in [-0.1, -0.05) is 12.1 Å². The Morgan fingerprint density at radius 3 is 2.48 bits per heavy atom. The van der Waals surface area contributed by atoms with Crippen molar-refractivity contribution < 1.29 is 22.6 Å². The van der Waals surface area contributed by atoms with Crippen molar-refractivity contribution in [2.24, 2.45) is 5.92 Å². The Hall–Kier alpha value is -1.11. The second-order valence-corrected chi connectivity index (χ2v) is 8.49. The maximum absolute atomic E-state index is 12.3. The normalized spacial score (nSPS) is 25.4. The van der Waals surface area contributed by atoms with Crippen LogP contribution in [0.2, 0.25) is 0 Å². The van der Waals surface area contributed by atoms with Crippen molar-refractivity contribution >= 4 is 9.84 Å². The molecule has 0 N–H and O–H groups in total. The maximum Gasteiger partial charge on any atom is 0.154 e. The Morgan fingerprint density at radius 2 is 1.83 bits per heavy atom. The van der Waals surface area contributed by atoms with Gasteiger partial charge in [-0.05, 0) is 36.5 Å². The molecule has 0 bridgehead atoms. The van der Waals surface area contributed by atoms with E-state index in [1.165, 1.54) is 0 Å². The van der Waals surface area contributed by atoms with Gasteiger partial charge in [0.2, 0.25) is 0 Å². The van der Waals surface area contributed by atoms with Crippen LogP contribution in [0, 0.1) is 5.92 Å². The number of hydrogen-bond acceptors (Lipinski definition) is 5. The number of hydrogen-bond donors (Lipinski definition) is 0. The van der Waals surface area contributed by atoms with Gasteiger partial charge in [-0.2, -0.15) is 0 Å². The first-order valence-corrected chi connectivity index (χ1v) is 10.0. The molecule has 0 amide bonds. The summed E-state index contributed by atoms with van der Waals surface area (Å²) in [4.78, 5) is 0. The van der Waals surface area contributed by atoms with Gasteiger partial charge in [0, 0.05) is 13.0 Å². The second kappa shape index (κ2) is 7.64. The summed E-state index contributed by atoms with van der Waals surface area (Å²) >= 11 is 0. The summed E-state index contributed by atoms with van der Waals surface area (Å²) in [7, 11) is -3.11. The Balaban J connectivity index is 1.54. The summed E-state index contributed by atoms with van der Waals surface area (Å²) < 4.78 is 41.1. The molecule has 1 aromatic carbocycles. The highest BCUT2D eigenvalue weighted by Crippen LogP contribution is 2.21. The van der Waals surface area contributed by atoms with Crippen LogP contribution < -0.4 is 4.74 Å². The molecule has 23 heavy (non-hydrogen) atoms. The van der Waals surface area contributed by atoms with Crippen LogP contribution in [0.4, 0.5) is 0 Å². The SMILES string of the molecule is O=S(=O)(Cc1ccc(OC2CCOC2)cc1)CC1CCCOC1. The summed E-state index contributed by atoms with van der Waals surface area (Å²) in [5.74, 6) is 1.20. The summed E-state index contributed by atoms with van der Waals surface area (Å²) in [5.41, 5.74) is 0.803. The Bertz CT molecular complexity index is 584. The second-order valence-electron chi connectivity index (χ2n) is 6.39. The number of benzene rings is 1. The van der Waals surface area contributed by atoms with E-state index in [1.54, 1.807) is 0 Å². The zero-order chi connectivity index (χ0) is 16.1. The van der Waals surface area contributed by atoms with E-state index in [0.717, 1.165) is 43.8 Å². The molecule has 2 aliphatic heterocycles. The number of rotatable bonds is 6. The van der Waals surface area contributed by atoms with E-state index >= 15 is 0 Å². The lowest BCUT2D eigenvalue weighted by Crippen LogP contribution is -2.25. The largest absolute Gasteiger partial charge is 0.488 e. The fourth-order valence-corrected chi connectivity index (χ4v) is 4.87.